The highest BCUT2D eigenvalue weighted by atomic mass is 16.3. The van der Waals surface area contributed by atoms with Gasteiger partial charge in [0, 0.05) is 18.3 Å². The number of aromatic nitrogens is 1. The minimum Gasteiger partial charge on any atom is -0.467 e. The largest absolute Gasteiger partial charge is 0.467 e. The molecule has 102 valence electrons. The van der Waals surface area contributed by atoms with Crippen LogP contribution in [0.3, 0.4) is 0 Å². The third-order valence-corrected chi connectivity index (χ3v) is 3.53. The minimum absolute atomic E-state index is 0.206. The van der Waals surface area contributed by atoms with E-state index in [0.717, 1.165) is 18.7 Å². The number of furan rings is 1. The van der Waals surface area contributed by atoms with E-state index in [4.69, 9.17) is 4.42 Å². The zero-order chi connectivity index (χ0) is 13.7. The van der Waals surface area contributed by atoms with Gasteiger partial charge in [0.05, 0.1) is 12.3 Å². The van der Waals surface area contributed by atoms with Gasteiger partial charge in [0.1, 0.15) is 5.76 Å². The molecule has 0 amide bonds. The van der Waals surface area contributed by atoms with E-state index in [1.54, 1.807) is 6.26 Å². The first-order valence-electron chi connectivity index (χ1n) is 6.91. The van der Waals surface area contributed by atoms with Crippen LogP contribution < -0.4 is 5.32 Å². The highest BCUT2D eigenvalue weighted by molar-refractivity contribution is 5.25. The fourth-order valence-corrected chi connectivity index (χ4v) is 2.36. The van der Waals surface area contributed by atoms with E-state index in [2.05, 4.69) is 43.2 Å². The summed E-state index contributed by atoms with van der Waals surface area (Å²) >= 11 is 0. The minimum atomic E-state index is 0.206. The standard InChI is InChI=1S/C16H22N2O/c1-4-8-18-15(16-12(2)7-11-19-16)13(3)14-5-9-17-10-6-14/h5-7,9-11,13,15,18H,4,8H2,1-3H3. The molecule has 0 spiro atoms. The molecule has 0 fully saturated rings. The Morgan fingerprint density at radius 1 is 1.26 bits per heavy atom. The van der Waals surface area contributed by atoms with Crippen LogP contribution in [0.4, 0.5) is 0 Å². The first kappa shape index (κ1) is 13.8. The van der Waals surface area contributed by atoms with Crippen molar-refractivity contribution in [2.75, 3.05) is 6.54 Å². The first-order chi connectivity index (χ1) is 9.24. The summed E-state index contributed by atoms with van der Waals surface area (Å²) in [4.78, 5) is 4.09. The maximum atomic E-state index is 5.69. The van der Waals surface area contributed by atoms with Crippen molar-refractivity contribution in [3.8, 4) is 0 Å². The van der Waals surface area contributed by atoms with Gasteiger partial charge in [0.2, 0.25) is 0 Å². The lowest BCUT2D eigenvalue weighted by Crippen LogP contribution is -2.27. The van der Waals surface area contributed by atoms with Gasteiger partial charge in [-0.3, -0.25) is 4.98 Å². The van der Waals surface area contributed by atoms with Crippen LogP contribution in [-0.4, -0.2) is 11.5 Å². The van der Waals surface area contributed by atoms with E-state index in [-0.39, 0.29) is 6.04 Å². The maximum absolute atomic E-state index is 5.69. The molecule has 19 heavy (non-hydrogen) atoms. The van der Waals surface area contributed by atoms with Crippen LogP contribution in [0.1, 0.15) is 49.1 Å². The van der Waals surface area contributed by atoms with Crippen LogP contribution in [0.25, 0.3) is 0 Å². The Morgan fingerprint density at radius 3 is 2.58 bits per heavy atom. The summed E-state index contributed by atoms with van der Waals surface area (Å²) in [5.41, 5.74) is 2.48. The molecule has 2 atom stereocenters. The summed E-state index contributed by atoms with van der Waals surface area (Å²) in [6, 6.07) is 6.37. The zero-order valence-electron chi connectivity index (χ0n) is 11.9. The van der Waals surface area contributed by atoms with E-state index in [1.807, 2.05) is 18.5 Å². The number of aryl methyl sites for hydroxylation is 1. The van der Waals surface area contributed by atoms with Gasteiger partial charge in [-0.15, -0.1) is 0 Å². The number of pyridine rings is 1. The molecule has 0 aliphatic carbocycles. The number of hydrogen-bond donors (Lipinski definition) is 1. The molecule has 0 saturated carbocycles. The molecule has 0 saturated heterocycles. The van der Waals surface area contributed by atoms with Gasteiger partial charge < -0.3 is 9.73 Å². The lowest BCUT2D eigenvalue weighted by molar-refractivity contribution is 0.374. The summed E-state index contributed by atoms with van der Waals surface area (Å²) in [7, 11) is 0. The molecule has 0 radical (unpaired) electrons. The van der Waals surface area contributed by atoms with E-state index in [9.17, 15) is 0 Å². The van der Waals surface area contributed by atoms with Crippen molar-refractivity contribution in [2.24, 2.45) is 0 Å². The third-order valence-electron chi connectivity index (χ3n) is 3.53. The van der Waals surface area contributed by atoms with E-state index in [0.29, 0.717) is 5.92 Å². The number of rotatable bonds is 6. The van der Waals surface area contributed by atoms with Crippen LogP contribution in [0.2, 0.25) is 0 Å². The SMILES string of the molecule is CCCNC(c1occc1C)C(C)c1ccncc1. The van der Waals surface area contributed by atoms with Gasteiger partial charge in [0.15, 0.2) is 0 Å². The fraction of sp³-hybridized carbons (Fsp3) is 0.438. The van der Waals surface area contributed by atoms with Gasteiger partial charge in [-0.05, 0) is 49.2 Å². The lowest BCUT2D eigenvalue weighted by Gasteiger charge is -2.24. The molecule has 2 heterocycles. The molecule has 3 heteroatoms. The first-order valence-corrected chi connectivity index (χ1v) is 6.91. The molecule has 2 aromatic rings. The van der Waals surface area contributed by atoms with E-state index < -0.39 is 0 Å². The summed E-state index contributed by atoms with van der Waals surface area (Å²) in [5, 5.41) is 3.60. The smallest absolute Gasteiger partial charge is 0.124 e. The van der Waals surface area contributed by atoms with Gasteiger partial charge in [-0.2, -0.15) is 0 Å². The molecule has 0 bridgehead atoms. The summed E-state index contributed by atoms with van der Waals surface area (Å²) < 4.78 is 5.69. The Hall–Kier alpha value is -1.61. The Balaban J connectivity index is 2.25. The van der Waals surface area contributed by atoms with Crippen molar-refractivity contribution in [1.82, 2.24) is 10.3 Å². The summed E-state index contributed by atoms with van der Waals surface area (Å²) in [6.45, 7) is 7.49. The highest BCUT2D eigenvalue weighted by Gasteiger charge is 2.24. The monoisotopic (exact) mass is 258 g/mol. The van der Waals surface area contributed by atoms with Gasteiger partial charge in [-0.1, -0.05) is 13.8 Å². The highest BCUT2D eigenvalue weighted by Crippen LogP contribution is 2.32. The van der Waals surface area contributed by atoms with Crippen LogP contribution in [0.5, 0.6) is 0 Å². The molecule has 1 N–H and O–H groups in total. The Morgan fingerprint density at radius 2 is 2.00 bits per heavy atom. The van der Waals surface area contributed by atoms with Crippen LogP contribution >= 0.6 is 0 Å². The van der Waals surface area contributed by atoms with Crippen molar-refractivity contribution in [2.45, 2.75) is 39.2 Å². The van der Waals surface area contributed by atoms with Crippen molar-refractivity contribution in [1.29, 1.82) is 0 Å². The van der Waals surface area contributed by atoms with Crippen molar-refractivity contribution >= 4 is 0 Å². The van der Waals surface area contributed by atoms with Crippen molar-refractivity contribution in [3.63, 3.8) is 0 Å². The lowest BCUT2D eigenvalue weighted by atomic mass is 9.91. The molecule has 0 aromatic carbocycles. The molecule has 3 nitrogen and oxygen atoms in total. The molecular weight excluding hydrogens is 236 g/mol. The molecule has 2 unspecified atom stereocenters. The predicted octanol–water partition coefficient (Wildman–Crippen LogP) is 3.83. The molecule has 0 aliphatic heterocycles. The zero-order valence-corrected chi connectivity index (χ0v) is 11.9. The Bertz CT molecular complexity index is 492. The average molecular weight is 258 g/mol. The van der Waals surface area contributed by atoms with Crippen LogP contribution in [0.15, 0.2) is 41.3 Å². The maximum Gasteiger partial charge on any atom is 0.124 e. The molecule has 2 rings (SSSR count). The van der Waals surface area contributed by atoms with Gasteiger partial charge in [0.25, 0.3) is 0 Å². The molecule has 0 aliphatic rings. The normalized spacial score (nSPS) is 14.3. The summed E-state index contributed by atoms with van der Waals surface area (Å²) in [5.74, 6) is 1.39. The second-order valence-electron chi connectivity index (χ2n) is 4.97. The average Bonchev–Trinajstić information content (AvgIpc) is 2.86. The molecular formula is C16H22N2O. The number of hydrogen-bond acceptors (Lipinski definition) is 3. The third kappa shape index (κ3) is 3.24. The predicted molar refractivity (Wildman–Crippen MR) is 77.1 cm³/mol. The van der Waals surface area contributed by atoms with Crippen LogP contribution in [0, 0.1) is 6.92 Å². The van der Waals surface area contributed by atoms with E-state index in [1.165, 1.54) is 11.1 Å². The van der Waals surface area contributed by atoms with E-state index >= 15 is 0 Å². The Kier molecular flexibility index (Phi) is 4.74. The quantitative estimate of drug-likeness (QED) is 0.855. The second-order valence-corrected chi connectivity index (χ2v) is 4.97. The van der Waals surface area contributed by atoms with Crippen molar-refractivity contribution < 1.29 is 4.42 Å². The number of nitrogens with zero attached hydrogens (tertiary/aromatic N) is 1. The summed E-state index contributed by atoms with van der Waals surface area (Å²) in [6.07, 6.45) is 6.57. The van der Waals surface area contributed by atoms with Crippen molar-refractivity contribution in [3.05, 3.63) is 53.7 Å². The van der Waals surface area contributed by atoms with Crippen LogP contribution in [-0.2, 0) is 0 Å². The topological polar surface area (TPSA) is 38.1 Å². The van der Waals surface area contributed by atoms with Gasteiger partial charge in [-0.25, -0.2) is 0 Å². The Labute approximate surface area is 115 Å². The second kappa shape index (κ2) is 6.53. The number of nitrogens with one attached hydrogen (secondary N) is 1. The van der Waals surface area contributed by atoms with Gasteiger partial charge >= 0.3 is 0 Å². The fourth-order valence-electron chi connectivity index (χ4n) is 2.36. The molecule has 2 aromatic heterocycles.